The molecule has 2 rings (SSSR count). The number of ether oxygens (including phenoxy) is 1. The molecule has 0 unspecified atom stereocenters. The van der Waals surface area contributed by atoms with Crippen molar-refractivity contribution < 1.29 is 14.3 Å². The van der Waals surface area contributed by atoms with E-state index in [9.17, 15) is 9.59 Å². The van der Waals surface area contributed by atoms with Crippen molar-refractivity contribution in [1.82, 2.24) is 5.32 Å². The lowest BCUT2D eigenvalue weighted by atomic mass is 9.84. The first kappa shape index (κ1) is 8.53. The van der Waals surface area contributed by atoms with Gasteiger partial charge in [-0.15, -0.1) is 0 Å². The van der Waals surface area contributed by atoms with Gasteiger partial charge in [0.2, 0.25) is 0 Å². The van der Waals surface area contributed by atoms with Gasteiger partial charge in [-0.1, -0.05) is 6.42 Å². The Bertz CT molecular complexity index is 243. The maximum Gasteiger partial charge on any atom is 0.397 e. The molecule has 1 aliphatic carbocycles. The van der Waals surface area contributed by atoms with Gasteiger partial charge in [0.25, 0.3) is 0 Å². The molecule has 1 aliphatic heterocycles. The Morgan fingerprint density at radius 3 is 2.46 bits per heavy atom. The van der Waals surface area contributed by atoms with Crippen molar-refractivity contribution in [2.45, 2.75) is 37.7 Å². The number of rotatable bonds is 0. The smallest absolute Gasteiger partial charge is 0.397 e. The van der Waals surface area contributed by atoms with Crippen molar-refractivity contribution in [1.29, 1.82) is 0 Å². The highest BCUT2D eigenvalue weighted by molar-refractivity contribution is 6.33. The van der Waals surface area contributed by atoms with Gasteiger partial charge in [0.1, 0.15) is 5.60 Å². The van der Waals surface area contributed by atoms with Gasteiger partial charge in [0.15, 0.2) is 0 Å². The molecule has 0 aromatic carbocycles. The molecule has 1 amide bonds. The van der Waals surface area contributed by atoms with E-state index in [1.807, 2.05) is 0 Å². The summed E-state index contributed by atoms with van der Waals surface area (Å²) < 4.78 is 5.18. The third-order valence-electron chi connectivity index (χ3n) is 2.83. The van der Waals surface area contributed by atoms with Gasteiger partial charge in [-0.05, 0) is 25.7 Å². The van der Waals surface area contributed by atoms with Crippen LogP contribution in [-0.4, -0.2) is 24.0 Å². The minimum Gasteiger partial charge on any atom is -0.450 e. The fourth-order valence-corrected chi connectivity index (χ4v) is 2.07. The van der Waals surface area contributed by atoms with Crippen molar-refractivity contribution >= 4 is 11.9 Å². The van der Waals surface area contributed by atoms with Crippen LogP contribution in [-0.2, 0) is 14.3 Å². The predicted molar refractivity (Wildman–Crippen MR) is 44.9 cm³/mol. The van der Waals surface area contributed by atoms with E-state index in [4.69, 9.17) is 4.74 Å². The molecule has 1 saturated heterocycles. The molecular formula is C9H13NO3. The summed E-state index contributed by atoms with van der Waals surface area (Å²) in [7, 11) is 0. The van der Waals surface area contributed by atoms with Crippen molar-refractivity contribution in [3.63, 3.8) is 0 Å². The molecular weight excluding hydrogens is 170 g/mol. The highest BCUT2D eigenvalue weighted by Crippen LogP contribution is 2.32. The predicted octanol–water partition coefficient (Wildman–Crippen LogP) is 0.362. The van der Waals surface area contributed by atoms with E-state index in [0.717, 1.165) is 25.7 Å². The van der Waals surface area contributed by atoms with Crippen LogP contribution in [0, 0.1) is 0 Å². The number of amides is 1. The molecule has 4 nitrogen and oxygen atoms in total. The van der Waals surface area contributed by atoms with Gasteiger partial charge in [0.05, 0.1) is 6.54 Å². The van der Waals surface area contributed by atoms with E-state index >= 15 is 0 Å². The summed E-state index contributed by atoms with van der Waals surface area (Å²) >= 11 is 0. The Kier molecular flexibility index (Phi) is 1.98. The maximum absolute atomic E-state index is 11.0. The molecule has 0 aromatic rings. The number of carbonyl (C=O) groups is 2. The first-order chi connectivity index (χ1) is 6.22. The molecule has 72 valence electrons. The molecule has 1 N–H and O–H groups in total. The van der Waals surface area contributed by atoms with Crippen LogP contribution in [0.2, 0.25) is 0 Å². The fourth-order valence-electron chi connectivity index (χ4n) is 2.07. The lowest BCUT2D eigenvalue weighted by Gasteiger charge is -2.39. The van der Waals surface area contributed by atoms with Crippen molar-refractivity contribution in [2.24, 2.45) is 0 Å². The van der Waals surface area contributed by atoms with E-state index < -0.39 is 11.9 Å². The molecule has 13 heavy (non-hydrogen) atoms. The zero-order chi connectivity index (χ0) is 9.31. The Labute approximate surface area is 76.6 Å². The largest absolute Gasteiger partial charge is 0.450 e. The van der Waals surface area contributed by atoms with Gasteiger partial charge in [-0.25, -0.2) is 4.79 Å². The number of hydrogen-bond donors (Lipinski definition) is 1. The van der Waals surface area contributed by atoms with E-state index in [2.05, 4.69) is 5.32 Å². The van der Waals surface area contributed by atoms with E-state index in [0.29, 0.717) is 6.54 Å². The number of hydrogen-bond acceptors (Lipinski definition) is 3. The quantitative estimate of drug-likeness (QED) is 0.436. The van der Waals surface area contributed by atoms with Crippen LogP contribution in [0.3, 0.4) is 0 Å². The topological polar surface area (TPSA) is 55.4 Å². The maximum atomic E-state index is 11.0. The summed E-state index contributed by atoms with van der Waals surface area (Å²) in [5, 5.41) is 2.58. The second kappa shape index (κ2) is 3.01. The van der Waals surface area contributed by atoms with Crippen molar-refractivity contribution in [3.8, 4) is 0 Å². The molecule has 1 spiro atoms. The summed E-state index contributed by atoms with van der Waals surface area (Å²) in [5.41, 5.74) is -0.372. The average Bonchev–Trinajstić information content (AvgIpc) is 2.14. The van der Waals surface area contributed by atoms with Gasteiger partial charge < -0.3 is 10.1 Å². The van der Waals surface area contributed by atoms with Crippen LogP contribution in [0.5, 0.6) is 0 Å². The van der Waals surface area contributed by atoms with Crippen LogP contribution in [0.1, 0.15) is 32.1 Å². The Balaban J connectivity index is 2.07. The SMILES string of the molecule is O=C1NCC2(CCCCC2)OC1=O. The summed E-state index contributed by atoms with van der Waals surface area (Å²) in [4.78, 5) is 21.9. The minimum atomic E-state index is -0.715. The molecule has 1 heterocycles. The van der Waals surface area contributed by atoms with Crippen molar-refractivity contribution in [3.05, 3.63) is 0 Å². The fraction of sp³-hybridized carbons (Fsp3) is 0.778. The first-order valence-corrected chi connectivity index (χ1v) is 4.73. The molecule has 1 saturated carbocycles. The van der Waals surface area contributed by atoms with Crippen LogP contribution < -0.4 is 5.32 Å². The molecule has 4 heteroatoms. The second-order valence-electron chi connectivity index (χ2n) is 3.82. The number of carbonyl (C=O) groups excluding carboxylic acids is 2. The molecule has 0 aromatic heterocycles. The van der Waals surface area contributed by atoms with Gasteiger partial charge in [0, 0.05) is 0 Å². The zero-order valence-corrected chi connectivity index (χ0v) is 7.47. The molecule has 0 bridgehead atoms. The monoisotopic (exact) mass is 183 g/mol. The zero-order valence-electron chi connectivity index (χ0n) is 7.47. The van der Waals surface area contributed by atoms with E-state index in [1.54, 1.807) is 0 Å². The van der Waals surface area contributed by atoms with Crippen LogP contribution in [0.25, 0.3) is 0 Å². The van der Waals surface area contributed by atoms with E-state index in [1.165, 1.54) is 6.42 Å². The summed E-state index contributed by atoms with van der Waals surface area (Å²) in [6.45, 7) is 0.498. The van der Waals surface area contributed by atoms with Gasteiger partial charge in [-0.2, -0.15) is 0 Å². The van der Waals surface area contributed by atoms with Gasteiger partial charge in [-0.3, -0.25) is 4.79 Å². The number of morpholine rings is 1. The van der Waals surface area contributed by atoms with E-state index in [-0.39, 0.29) is 5.60 Å². The lowest BCUT2D eigenvalue weighted by Crippen LogP contribution is -2.55. The highest BCUT2D eigenvalue weighted by atomic mass is 16.6. The standard InChI is InChI=1S/C9H13NO3/c11-7-8(12)13-9(6-10-7)4-2-1-3-5-9/h1-6H2,(H,10,11). The molecule has 0 atom stereocenters. The average molecular weight is 183 g/mol. The third-order valence-corrected chi connectivity index (χ3v) is 2.83. The normalized spacial score (nSPS) is 26.8. The second-order valence-corrected chi connectivity index (χ2v) is 3.82. The van der Waals surface area contributed by atoms with Crippen molar-refractivity contribution in [2.75, 3.05) is 6.54 Å². The summed E-state index contributed by atoms with van der Waals surface area (Å²) in [6, 6.07) is 0. The Morgan fingerprint density at radius 1 is 1.15 bits per heavy atom. The first-order valence-electron chi connectivity index (χ1n) is 4.73. The Hall–Kier alpha value is -1.06. The summed E-state index contributed by atoms with van der Waals surface area (Å²) in [5.74, 6) is -1.32. The van der Waals surface area contributed by atoms with Crippen LogP contribution in [0.4, 0.5) is 0 Å². The number of esters is 1. The molecule has 2 fully saturated rings. The third kappa shape index (κ3) is 1.53. The van der Waals surface area contributed by atoms with Gasteiger partial charge >= 0.3 is 11.9 Å². The molecule has 2 aliphatic rings. The minimum absolute atomic E-state index is 0.372. The Morgan fingerprint density at radius 2 is 1.85 bits per heavy atom. The van der Waals surface area contributed by atoms with Crippen LogP contribution in [0.15, 0.2) is 0 Å². The highest BCUT2D eigenvalue weighted by Gasteiger charge is 2.41. The van der Waals surface area contributed by atoms with Crippen LogP contribution >= 0.6 is 0 Å². The lowest BCUT2D eigenvalue weighted by molar-refractivity contribution is -0.176. The molecule has 0 radical (unpaired) electrons. The number of nitrogens with one attached hydrogen (secondary N) is 1. The summed E-state index contributed by atoms with van der Waals surface area (Å²) in [6.07, 6.45) is 5.15.